The van der Waals surface area contributed by atoms with E-state index in [0.29, 0.717) is 11.2 Å². The highest BCUT2D eigenvalue weighted by Gasteiger charge is 2.24. The molecule has 1 heterocycles. The normalized spacial score (nSPS) is 12.9. The van der Waals surface area contributed by atoms with Crippen molar-refractivity contribution in [2.75, 3.05) is 0 Å². The van der Waals surface area contributed by atoms with Crippen LogP contribution in [0.4, 0.5) is 0 Å². The Hall–Kier alpha value is -2.74. The molecular weight excluding hydrogens is 416 g/mol. The Morgan fingerprint density at radius 1 is 1.00 bits per heavy atom. The number of thiazole rings is 1. The topological polar surface area (TPSA) is 68.2 Å². The van der Waals surface area contributed by atoms with E-state index in [-0.39, 0.29) is 9.77 Å². The van der Waals surface area contributed by atoms with E-state index in [1.165, 1.54) is 0 Å². The molecule has 0 spiro atoms. The van der Waals surface area contributed by atoms with E-state index in [4.69, 9.17) is 0 Å². The molecule has 0 aliphatic carbocycles. The average Bonchev–Trinajstić information content (AvgIpc) is 3.07. The largest absolute Gasteiger partial charge is 0.308 e. The predicted octanol–water partition coefficient (Wildman–Crippen LogP) is 4.46. The molecule has 0 aliphatic rings. The Labute approximate surface area is 179 Å². The minimum atomic E-state index is -3.83. The van der Waals surface area contributed by atoms with Gasteiger partial charge in [0.25, 0.3) is 0 Å². The first kappa shape index (κ1) is 20.5. The molecule has 30 heavy (non-hydrogen) atoms. The molecule has 0 radical (unpaired) electrons. The van der Waals surface area contributed by atoms with Gasteiger partial charge in [-0.05, 0) is 48.7 Å². The van der Waals surface area contributed by atoms with Gasteiger partial charge in [0.2, 0.25) is 10.0 Å². The Balaban J connectivity index is 1.78. The van der Waals surface area contributed by atoms with Crippen molar-refractivity contribution >= 4 is 31.6 Å². The number of rotatable bonds is 6. The summed E-state index contributed by atoms with van der Waals surface area (Å²) in [6.45, 7) is 4.41. The SMILES string of the molecule is CCn1c(=O)sc2cc(S(=O)(=O)N[C@@H](c3ccccc3)c3ccccc3C)ccc21. The molecule has 4 aromatic rings. The molecule has 154 valence electrons. The van der Waals surface area contributed by atoms with E-state index in [9.17, 15) is 13.2 Å². The number of hydrogen-bond acceptors (Lipinski definition) is 4. The lowest BCUT2D eigenvalue weighted by Crippen LogP contribution is -2.30. The summed E-state index contributed by atoms with van der Waals surface area (Å²) < 4.78 is 31.8. The maximum absolute atomic E-state index is 13.3. The fraction of sp³-hybridized carbons (Fsp3) is 0.174. The first-order valence-corrected chi connectivity index (χ1v) is 12.0. The van der Waals surface area contributed by atoms with Gasteiger partial charge in [-0.15, -0.1) is 0 Å². The molecule has 0 aliphatic heterocycles. The van der Waals surface area contributed by atoms with Crippen molar-refractivity contribution in [3.05, 3.63) is 99.2 Å². The second kappa shape index (κ2) is 8.18. The molecule has 0 unspecified atom stereocenters. The smallest absolute Gasteiger partial charge is 0.299 e. The van der Waals surface area contributed by atoms with Crippen molar-refractivity contribution in [3.63, 3.8) is 0 Å². The lowest BCUT2D eigenvalue weighted by molar-refractivity contribution is 0.572. The zero-order valence-electron chi connectivity index (χ0n) is 16.7. The Bertz CT molecular complexity index is 1360. The molecule has 0 saturated heterocycles. The lowest BCUT2D eigenvalue weighted by Gasteiger charge is -2.21. The molecule has 1 aromatic heterocycles. The van der Waals surface area contributed by atoms with Crippen LogP contribution in [0.2, 0.25) is 0 Å². The highest BCUT2D eigenvalue weighted by atomic mass is 32.2. The van der Waals surface area contributed by atoms with E-state index >= 15 is 0 Å². The van der Waals surface area contributed by atoms with E-state index in [0.717, 1.165) is 33.5 Å². The Morgan fingerprint density at radius 2 is 1.70 bits per heavy atom. The van der Waals surface area contributed by atoms with Crippen molar-refractivity contribution in [3.8, 4) is 0 Å². The molecule has 1 N–H and O–H groups in total. The van der Waals surface area contributed by atoms with Gasteiger partial charge in [-0.25, -0.2) is 8.42 Å². The zero-order chi connectivity index (χ0) is 21.3. The van der Waals surface area contributed by atoms with E-state index < -0.39 is 16.1 Å². The standard InChI is InChI=1S/C23H22N2O3S2/c1-3-25-20-14-13-18(15-21(20)29-23(25)26)30(27,28)24-22(17-10-5-4-6-11-17)19-12-8-7-9-16(19)2/h4-15,22,24H,3H2,1-2H3/t22-/m0/s1. The molecule has 0 bridgehead atoms. The first-order chi connectivity index (χ1) is 14.4. The van der Waals surface area contributed by atoms with E-state index in [1.54, 1.807) is 22.8 Å². The quantitative estimate of drug-likeness (QED) is 0.483. The fourth-order valence-corrected chi connectivity index (χ4v) is 5.90. The average molecular weight is 439 g/mol. The third kappa shape index (κ3) is 3.84. The van der Waals surface area contributed by atoms with Gasteiger partial charge in [0, 0.05) is 6.54 Å². The van der Waals surface area contributed by atoms with Crippen molar-refractivity contribution in [2.24, 2.45) is 0 Å². The molecule has 1 atom stereocenters. The zero-order valence-corrected chi connectivity index (χ0v) is 18.3. The summed E-state index contributed by atoms with van der Waals surface area (Å²) in [6, 6.07) is 21.6. The van der Waals surface area contributed by atoms with Crippen LogP contribution >= 0.6 is 11.3 Å². The van der Waals surface area contributed by atoms with Crippen molar-refractivity contribution in [1.29, 1.82) is 0 Å². The van der Waals surface area contributed by atoms with Crippen LogP contribution in [0.25, 0.3) is 10.2 Å². The maximum atomic E-state index is 13.3. The van der Waals surface area contributed by atoms with Crippen LogP contribution < -0.4 is 9.60 Å². The number of hydrogen-bond donors (Lipinski definition) is 1. The van der Waals surface area contributed by atoms with Crippen LogP contribution in [0.5, 0.6) is 0 Å². The molecule has 7 heteroatoms. The number of aromatic nitrogens is 1. The highest BCUT2D eigenvalue weighted by Crippen LogP contribution is 2.28. The molecule has 0 saturated carbocycles. The van der Waals surface area contributed by atoms with Gasteiger partial charge in [-0.3, -0.25) is 9.36 Å². The summed E-state index contributed by atoms with van der Waals surface area (Å²) in [6.07, 6.45) is 0. The molecule has 5 nitrogen and oxygen atoms in total. The maximum Gasteiger partial charge on any atom is 0.308 e. The number of benzene rings is 3. The van der Waals surface area contributed by atoms with Crippen LogP contribution in [0.15, 0.2) is 82.5 Å². The lowest BCUT2D eigenvalue weighted by atomic mass is 9.96. The van der Waals surface area contributed by atoms with Gasteiger partial charge in [-0.2, -0.15) is 4.72 Å². The first-order valence-electron chi connectivity index (χ1n) is 9.67. The minimum Gasteiger partial charge on any atom is -0.299 e. The van der Waals surface area contributed by atoms with Crippen LogP contribution in [0, 0.1) is 6.92 Å². The highest BCUT2D eigenvalue weighted by molar-refractivity contribution is 7.89. The van der Waals surface area contributed by atoms with Gasteiger partial charge in [-0.1, -0.05) is 65.9 Å². The monoisotopic (exact) mass is 438 g/mol. The van der Waals surface area contributed by atoms with Crippen LogP contribution in [-0.2, 0) is 16.6 Å². The van der Waals surface area contributed by atoms with Gasteiger partial charge >= 0.3 is 4.87 Å². The second-order valence-electron chi connectivity index (χ2n) is 7.06. The third-order valence-corrected chi connectivity index (χ3v) is 7.53. The van der Waals surface area contributed by atoms with Crippen molar-refractivity contribution in [1.82, 2.24) is 9.29 Å². The van der Waals surface area contributed by atoms with Crippen molar-refractivity contribution in [2.45, 2.75) is 31.3 Å². The summed E-state index contributed by atoms with van der Waals surface area (Å²) in [5, 5.41) is 0. The molecular formula is C23H22N2O3S2. The van der Waals surface area contributed by atoms with Crippen LogP contribution in [0.1, 0.15) is 29.7 Å². The summed E-state index contributed by atoms with van der Waals surface area (Å²) >= 11 is 1.06. The number of nitrogens with zero attached hydrogens (tertiary/aromatic N) is 1. The van der Waals surface area contributed by atoms with Crippen molar-refractivity contribution < 1.29 is 8.42 Å². The van der Waals surface area contributed by atoms with Gasteiger partial charge < -0.3 is 0 Å². The third-order valence-electron chi connectivity index (χ3n) is 5.17. The van der Waals surface area contributed by atoms with Crippen LogP contribution in [0.3, 0.4) is 0 Å². The number of fused-ring (bicyclic) bond motifs is 1. The Morgan fingerprint density at radius 3 is 2.40 bits per heavy atom. The second-order valence-corrected chi connectivity index (χ2v) is 9.77. The summed E-state index contributed by atoms with van der Waals surface area (Å²) in [5.41, 5.74) is 3.51. The predicted molar refractivity (Wildman–Crippen MR) is 122 cm³/mol. The van der Waals surface area contributed by atoms with Gasteiger partial charge in [0.05, 0.1) is 21.2 Å². The van der Waals surface area contributed by atoms with Crippen LogP contribution in [-0.4, -0.2) is 13.0 Å². The summed E-state index contributed by atoms with van der Waals surface area (Å²) in [4.78, 5) is 12.2. The number of aryl methyl sites for hydroxylation is 2. The Kier molecular flexibility index (Phi) is 5.60. The summed E-state index contributed by atoms with van der Waals surface area (Å²) in [7, 11) is -3.83. The molecule has 0 fully saturated rings. The minimum absolute atomic E-state index is 0.0860. The molecule has 3 aromatic carbocycles. The van der Waals surface area contributed by atoms with E-state index in [1.807, 2.05) is 68.4 Å². The van der Waals surface area contributed by atoms with E-state index in [2.05, 4.69) is 4.72 Å². The summed E-state index contributed by atoms with van der Waals surface area (Å²) in [5.74, 6) is 0. The number of nitrogens with one attached hydrogen (secondary N) is 1. The van der Waals surface area contributed by atoms with Gasteiger partial charge in [0.15, 0.2) is 0 Å². The fourth-order valence-electron chi connectivity index (χ4n) is 3.60. The molecule has 0 amide bonds. The molecule has 4 rings (SSSR count). The number of sulfonamides is 1. The van der Waals surface area contributed by atoms with Gasteiger partial charge in [0.1, 0.15) is 0 Å².